The van der Waals surface area contributed by atoms with Gasteiger partial charge in [0.1, 0.15) is 5.75 Å². The minimum absolute atomic E-state index is 0.132. The van der Waals surface area contributed by atoms with E-state index in [1.165, 1.54) is 18.2 Å². The van der Waals surface area contributed by atoms with Crippen LogP contribution in [0.25, 0.3) is 10.9 Å². The van der Waals surface area contributed by atoms with Crippen molar-refractivity contribution in [2.75, 3.05) is 38.9 Å². The van der Waals surface area contributed by atoms with Crippen LogP contribution in [0.5, 0.6) is 11.5 Å². The lowest BCUT2D eigenvalue weighted by molar-refractivity contribution is -0.117. The first-order chi connectivity index (χ1) is 17.9. The number of ether oxygens (including phenoxy) is 2. The third-order valence-electron chi connectivity index (χ3n) is 5.74. The van der Waals surface area contributed by atoms with E-state index in [9.17, 15) is 9.59 Å². The van der Waals surface area contributed by atoms with Gasteiger partial charge in [0.05, 0.1) is 25.3 Å². The number of amides is 2. The maximum atomic E-state index is 12.0. The van der Waals surface area contributed by atoms with Crippen molar-refractivity contribution < 1.29 is 19.1 Å². The van der Waals surface area contributed by atoms with Gasteiger partial charge in [-0.3, -0.25) is 14.7 Å². The molecule has 3 N–H and O–H groups in total. The van der Waals surface area contributed by atoms with Gasteiger partial charge in [0, 0.05) is 37.3 Å². The summed E-state index contributed by atoms with van der Waals surface area (Å²) in [5.41, 5.74) is 2.22. The van der Waals surface area contributed by atoms with Crippen LogP contribution in [-0.4, -0.2) is 60.2 Å². The number of para-hydroxylation sites is 1. The Labute approximate surface area is 215 Å². The number of hydrogen-bond acceptors (Lipinski definition) is 7. The molecule has 0 aliphatic heterocycles. The Kier molecular flexibility index (Phi) is 7.87. The summed E-state index contributed by atoms with van der Waals surface area (Å²) in [4.78, 5) is 29.2. The maximum Gasteiger partial charge on any atom is 0.255 e. The highest BCUT2D eigenvalue weighted by atomic mass is 16.5. The van der Waals surface area contributed by atoms with Crippen LogP contribution in [0.2, 0.25) is 0 Å². The lowest BCUT2D eigenvalue weighted by Crippen LogP contribution is -2.22. The molecule has 192 valence electrons. The van der Waals surface area contributed by atoms with E-state index in [1.54, 1.807) is 27.3 Å². The minimum atomic E-state index is -0.132. The Morgan fingerprint density at radius 1 is 1.00 bits per heavy atom. The maximum absolute atomic E-state index is 12.0. The molecule has 1 aliphatic rings. The van der Waals surface area contributed by atoms with Crippen molar-refractivity contribution in [3.05, 3.63) is 66.4 Å². The van der Waals surface area contributed by atoms with Gasteiger partial charge in [0.2, 0.25) is 5.91 Å². The molecule has 5 rings (SSSR count). The summed E-state index contributed by atoms with van der Waals surface area (Å²) < 4.78 is 10.4. The largest absolute Gasteiger partial charge is 0.497 e. The number of carbonyl (C=O) groups excluding carboxylic acids is 2. The van der Waals surface area contributed by atoms with Crippen molar-refractivity contribution in [2.24, 2.45) is 5.92 Å². The fraction of sp³-hybridized carbons (Fsp3) is 0.259. The number of fused-ring (bicyclic) bond motifs is 1. The third kappa shape index (κ3) is 6.35. The molecule has 0 unspecified atom stereocenters. The van der Waals surface area contributed by atoms with Crippen molar-refractivity contribution >= 4 is 40.0 Å². The van der Waals surface area contributed by atoms with Gasteiger partial charge >= 0.3 is 0 Å². The number of carbonyl (C=O) groups is 2. The number of benzene rings is 2. The number of methoxy groups -OCH3 is 2. The fourth-order valence-corrected chi connectivity index (χ4v) is 3.50. The molecule has 10 nitrogen and oxygen atoms in total. The number of aromatic nitrogens is 3. The summed E-state index contributed by atoms with van der Waals surface area (Å²) in [5, 5.41) is 14.1. The molecule has 4 aromatic rings. The quantitative estimate of drug-likeness (QED) is 0.341. The van der Waals surface area contributed by atoms with E-state index >= 15 is 0 Å². The molecule has 2 aromatic heterocycles. The fourth-order valence-electron chi connectivity index (χ4n) is 3.50. The summed E-state index contributed by atoms with van der Waals surface area (Å²) >= 11 is 0. The predicted octanol–water partition coefficient (Wildman–Crippen LogP) is 4.46. The highest BCUT2D eigenvalue weighted by Crippen LogP contribution is 2.31. The monoisotopic (exact) mass is 502 g/mol. The zero-order valence-corrected chi connectivity index (χ0v) is 21.2. The highest BCUT2D eigenvalue weighted by molar-refractivity contribution is 5.95. The Hall–Kier alpha value is -4.60. The first-order valence-corrected chi connectivity index (χ1v) is 11.8. The van der Waals surface area contributed by atoms with E-state index in [4.69, 9.17) is 9.47 Å². The number of anilines is 3. The molecule has 1 aliphatic carbocycles. The summed E-state index contributed by atoms with van der Waals surface area (Å²) in [6, 6.07) is 16.8. The Morgan fingerprint density at radius 2 is 1.73 bits per heavy atom. The summed E-state index contributed by atoms with van der Waals surface area (Å²) in [6.45, 7) is 0. The van der Waals surface area contributed by atoms with E-state index in [2.05, 4.69) is 25.8 Å². The van der Waals surface area contributed by atoms with Crippen molar-refractivity contribution in [1.29, 1.82) is 0 Å². The van der Waals surface area contributed by atoms with Crippen LogP contribution in [0, 0.1) is 5.92 Å². The number of nitrogens with one attached hydrogen (secondary N) is 3. The molecule has 0 radical (unpaired) electrons. The molecule has 1 fully saturated rings. The van der Waals surface area contributed by atoms with E-state index in [0.717, 1.165) is 35.2 Å². The van der Waals surface area contributed by atoms with Gasteiger partial charge in [0.25, 0.3) is 5.91 Å². The molecule has 0 spiro atoms. The summed E-state index contributed by atoms with van der Waals surface area (Å²) in [6.07, 6.45) is 3.58. The van der Waals surface area contributed by atoms with Gasteiger partial charge < -0.3 is 25.0 Å². The molecule has 0 bridgehead atoms. The molecule has 37 heavy (non-hydrogen) atoms. The Balaban J connectivity index is 0.000000195. The molecule has 2 aromatic carbocycles. The van der Waals surface area contributed by atoms with Crippen LogP contribution in [0.1, 0.15) is 23.2 Å². The first-order valence-electron chi connectivity index (χ1n) is 11.8. The zero-order valence-electron chi connectivity index (χ0n) is 21.2. The number of hydrogen-bond donors (Lipinski definition) is 3. The first kappa shape index (κ1) is 25.5. The van der Waals surface area contributed by atoms with Crippen LogP contribution in [-0.2, 0) is 4.79 Å². The second kappa shape index (κ2) is 11.4. The highest BCUT2D eigenvalue weighted by Gasteiger charge is 2.29. The molecule has 2 amide bonds. The van der Waals surface area contributed by atoms with E-state index < -0.39 is 0 Å². The number of H-pyrrole nitrogens is 1. The third-order valence-corrected chi connectivity index (χ3v) is 5.74. The van der Waals surface area contributed by atoms with Crippen LogP contribution in [0.4, 0.5) is 17.3 Å². The second-order valence-corrected chi connectivity index (χ2v) is 8.71. The van der Waals surface area contributed by atoms with E-state index in [-0.39, 0.29) is 17.7 Å². The van der Waals surface area contributed by atoms with Gasteiger partial charge in [-0.15, -0.1) is 0 Å². The van der Waals surface area contributed by atoms with Gasteiger partial charge in [-0.25, -0.2) is 4.98 Å². The number of nitrogens with zero attached hydrogens (tertiary/aromatic N) is 3. The van der Waals surface area contributed by atoms with Crippen LogP contribution < -0.4 is 20.1 Å². The van der Waals surface area contributed by atoms with Crippen LogP contribution in [0.15, 0.2) is 60.8 Å². The van der Waals surface area contributed by atoms with Crippen molar-refractivity contribution in [3.8, 4) is 11.5 Å². The SMILES string of the molecule is COc1cc(C(=O)N(C)C)cnc1Nc1n[nH]c2ccccc12.COc1ccc(NC(=O)C2CC2)cc1. The summed E-state index contributed by atoms with van der Waals surface area (Å²) in [7, 11) is 6.54. The topological polar surface area (TPSA) is 121 Å². The standard InChI is InChI=1S/C16H17N5O2.C11H13NO2/c1-21(2)16(22)10-8-13(23-3)15(17-9-10)18-14-11-6-4-5-7-12(11)19-20-14;1-14-10-6-4-9(5-7-10)12-11(13)8-2-3-8/h4-9H,1-3H3,(H2,17,18,19,20);4-8H,2-3H2,1H3,(H,12,13). The molecule has 1 saturated carbocycles. The Morgan fingerprint density at radius 3 is 2.38 bits per heavy atom. The number of pyridine rings is 1. The lowest BCUT2D eigenvalue weighted by Gasteiger charge is -2.13. The van der Waals surface area contributed by atoms with E-state index in [0.29, 0.717) is 22.9 Å². The van der Waals surface area contributed by atoms with Crippen molar-refractivity contribution in [1.82, 2.24) is 20.1 Å². The molecular weight excluding hydrogens is 472 g/mol. The molecular formula is C27H30N6O4. The Bertz CT molecular complexity index is 1380. The summed E-state index contributed by atoms with van der Waals surface area (Å²) in [5.74, 6) is 2.68. The van der Waals surface area contributed by atoms with Gasteiger partial charge in [-0.1, -0.05) is 12.1 Å². The average Bonchev–Trinajstić information content (AvgIpc) is 3.71. The number of rotatable bonds is 7. The molecule has 0 saturated heterocycles. The average molecular weight is 503 g/mol. The van der Waals surface area contributed by atoms with Crippen molar-refractivity contribution in [2.45, 2.75) is 12.8 Å². The molecule has 0 atom stereocenters. The van der Waals surface area contributed by atoms with Crippen LogP contribution >= 0.6 is 0 Å². The molecule has 2 heterocycles. The van der Waals surface area contributed by atoms with Crippen LogP contribution in [0.3, 0.4) is 0 Å². The second-order valence-electron chi connectivity index (χ2n) is 8.71. The number of aromatic amines is 1. The van der Waals surface area contributed by atoms with Crippen molar-refractivity contribution in [3.63, 3.8) is 0 Å². The predicted molar refractivity (Wildman–Crippen MR) is 143 cm³/mol. The van der Waals surface area contributed by atoms with Gasteiger partial charge in [-0.05, 0) is 55.3 Å². The van der Waals surface area contributed by atoms with Gasteiger partial charge in [0.15, 0.2) is 17.4 Å². The lowest BCUT2D eigenvalue weighted by atomic mass is 10.2. The van der Waals surface area contributed by atoms with Gasteiger partial charge in [-0.2, -0.15) is 5.10 Å². The zero-order chi connectivity index (χ0) is 26.4. The molecule has 10 heteroatoms. The normalized spacial score (nSPS) is 12.2. The smallest absolute Gasteiger partial charge is 0.255 e. The van der Waals surface area contributed by atoms with E-state index in [1.807, 2.05) is 48.5 Å². The minimum Gasteiger partial charge on any atom is -0.497 e.